The van der Waals surface area contributed by atoms with Crippen molar-refractivity contribution >= 4 is 30.4 Å². The molecule has 0 aromatic heterocycles. The van der Waals surface area contributed by atoms with Gasteiger partial charge in [0.15, 0.2) is 0 Å². The molecule has 0 aliphatic heterocycles. The van der Waals surface area contributed by atoms with Crippen LogP contribution in [0.4, 0.5) is 0 Å². The minimum atomic E-state index is -1.17. The second-order valence-corrected chi connectivity index (χ2v) is 6.21. The standard InChI is InChI=1S/C15H30N4O4S/c1-3-9(2)12(14(21)18-11(8-24)15(22)23)19-13(20)10(17)6-4-5-7-16/h9-12,24H,3-8,16-17H2,1-2H3,(H,18,21)(H,19,20)(H,22,23)/t9-,10-,11-,12-/m0/s1. The van der Waals surface area contributed by atoms with E-state index in [0.717, 1.165) is 12.8 Å². The van der Waals surface area contributed by atoms with Crippen molar-refractivity contribution in [3.63, 3.8) is 0 Å². The minimum Gasteiger partial charge on any atom is -0.480 e. The van der Waals surface area contributed by atoms with Gasteiger partial charge < -0.3 is 27.2 Å². The van der Waals surface area contributed by atoms with E-state index in [9.17, 15) is 14.4 Å². The zero-order valence-electron chi connectivity index (χ0n) is 14.3. The summed E-state index contributed by atoms with van der Waals surface area (Å²) in [6.45, 7) is 4.22. The largest absolute Gasteiger partial charge is 0.480 e. The van der Waals surface area contributed by atoms with Crippen LogP contribution in [0.1, 0.15) is 39.5 Å². The molecule has 0 spiro atoms. The number of aliphatic carboxylic acids is 1. The maximum absolute atomic E-state index is 12.4. The summed E-state index contributed by atoms with van der Waals surface area (Å²) < 4.78 is 0. The Kier molecular flexibility index (Phi) is 11.4. The van der Waals surface area contributed by atoms with Gasteiger partial charge in [-0.15, -0.1) is 0 Å². The maximum atomic E-state index is 12.4. The summed E-state index contributed by atoms with van der Waals surface area (Å²) in [4.78, 5) is 35.6. The van der Waals surface area contributed by atoms with E-state index >= 15 is 0 Å². The van der Waals surface area contributed by atoms with Gasteiger partial charge in [0, 0.05) is 5.75 Å². The lowest BCUT2D eigenvalue weighted by molar-refractivity contribution is -0.141. The Bertz CT molecular complexity index is 422. The van der Waals surface area contributed by atoms with Gasteiger partial charge in [-0.1, -0.05) is 26.7 Å². The Labute approximate surface area is 148 Å². The number of hydrogen-bond donors (Lipinski definition) is 6. The van der Waals surface area contributed by atoms with Crippen molar-refractivity contribution in [2.24, 2.45) is 17.4 Å². The summed E-state index contributed by atoms with van der Waals surface area (Å²) in [5.41, 5.74) is 11.2. The van der Waals surface area contributed by atoms with Crippen LogP contribution in [0.15, 0.2) is 0 Å². The van der Waals surface area contributed by atoms with E-state index in [1.165, 1.54) is 0 Å². The Balaban J connectivity index is 4.85. The molecule has 140 valence electrons. The molecular weight excluding hydrogens is 332 g/mol. The summed E-state index contributed by atoms with van der Waals surface area (Å²) in [7, 11) is 0. The molecule has 2 amide bonds. The fourth-order valence-electron chi connectivity index (χ4n) is 2.05. The predicted octanol–water partition coefficient (Wildman–Crippen LogP) is -0.527. The number of carbonyl (C=O) groups is 3. The molecule has 9 heteroatoms. The molecule has 0 aliphatic carbocycles. The van der Waals surface area contributed by atoms with Crippen molar-refractivity contribution in [2.75, 3.05) is 12.3 Å². The predicted molar refractivity (Wildman–Crippen MR) is 95.7 cm³/mol. The topological polar surface area (TPSA) is 148 Å². The number of unbranched alkanes of at least 4 members (excludes halogenated alkanes) is 1. The van der Waals surface area contributed by atoms with Crippen LogP contribution in [0.25, 0.3) is 0 Å². The zero-order valence-corrected chi connectivity index (χ0v) is 15.2. The Morgan fingerprint density at radius 3 is 2.25 bits per heavy atom. The third-order valence-electron chi connectivity index (χ3n) is 3.90. The number of nitrogens with one attached hydrogen (secondary N) is 2. The van der Waals surface area contributed by atoms with E-state index in [-0.39, 0.29) is 11.7 Å². The first kappa shape index (κ1) is 22.7. The highest BCUT2D eigenvalue weighted by molar-refractivity contribution is 7.80. The first-order chi connectivity index (χ1) is 11.3. The molecule has 0 saturated heterocycles. The van der Waals surface area contributed by atoms with Crippen molar-refractivity contribution < 1.29 is 19.5 Å². The fraction of sp³-hybridized carbons (Fsp3) is 0.800. The van der Waals surface area contributed by atoms with Crippen LogP contribution in [0.3, 0.4) is 0 Å². The third kappa shape index (κ3) is 7.98. The molecule has 24 heavy (non-hydrogen) atoms. The van der Waals surface area contributed by atoms with Gasteiger partial charge in [0.25, 0.3) is 0 Å². The normalized spacial score (nSPS) is 15.9. The summed E-state index contributed by atoms with van der Waals surface area (Å²) >= 11 is 3.91. The molecule has 0 unspecified atom stereocenters. The first-order valence-corrected chi connectivity index (χ1v) is 8.81. The van der Waals surface area contributed by atoms with Gasteiger partial charge in [-0.25, -0.2) is 4.79 Å². The molecule has 0 rings (SSSR count). The molecule has 0 heterocycles. The van der Waals surface area contributed by atoms with Crippen molar-refractivity contribution in [2.45, 2.75) is 57.7 Å². The van der Waals surface area contributed by atoms with Gasteiger partial charge in [0.05, 0.1) is 6.04 Å². The van der Waals surface area contributed by atoms with Gasteiger partial charge in [0.2, 0.25) is 11.8 Å². The van der Waals surface area contributed by atoms with E-state index < -0.39 is 35.9 Å². The van der Waals surface area contributed by atoms with Crippen LogP contribution in [0.2, 0.25) is 0 Å². The number of amides is 2. The highest BCUT2D eigenvalue weighted by Gasteiger charge is 2.30. The van der Waals surface area contributed by atoms with E-state index in [0.29, 0.717) is 19.4 Å². The number of nitrogens with two attached hydrogens (primary N) is 2. The average molecular weight is 362 g/mol. The van der Waals surface area contributed by atoms with Crippen molar-refractivity contribution in [3.05, 3.63) is 0 Å². The number of rotatable bonds is 12. The van der Waals surface area contributed by atoms with E-state index in [4.69, 9.17) is 16.6 Å². The van der Waals surface area contributed by atoms with Gasteiger partial charge >= 0.3 is 5.97 Å². The van der Waals surface area contributed by atoms with Gasteiger partial charge in [-0.3, -0.25) is 9.59 Å². The summed E-state index contributed by atoms with van der Waals surface area (Å²) in [6.07, 6.45) is 2.62. The van der Waals surface area contributed by atoms with Crippen molar-refractivity contribution in [1.29, 1.82) is 0 Å². The lowest BCUT2D eigenvalue weighted by Crippen LogP contribution is -2.57. The highest BCUT2D eigenvalue weighted by atomic mass is 32.1. The smallest absolute Gasteiger partial charge is 0.327 e. The van der Waals surface area contributed by atoms with Gasteiger partial charge in [-0.2, -0.15) is 12.6 Å². The Morgan fingerprint density at radius 2 is 1.79 bits per heavy atom. The van der Waals surface area contributed by atoms with Crippen LogP contribution < -0.4 is 22.1 Å². The van der Waals surface area contributed by atoms with E-state index in [2.05, 4.69) is 23.3 Å². The molecule has 7 N–H and O–H groups in total. The molecule has 0 bridgehead atoms. The second-order valence-electron chi connectivity index (χ2n) is 5.84. The fourth-order valence-corrected chi connectivity index (χ4v) is 2.30. The van der Waals surface area contributed by atoms with Gasteiger partial charge in [0.1, 0.15) is 12.1 Å². The Morgan fingerprint density at radius 1 is 1.17 bits per heavy atom. The Hall–Kier alpha value is -1.32. The minimum absolute atomic E-state index is 0.0408. The molecule has 0 aromatic carbocycles. The quantitative estimate of drug-likeness (QED) is 0.203. The van der Waals surface area contributed by atoms with Crippen LogP contribution in [-0.2, 0) is 14.4 Å². The lowest BCUT2D eigenvalue weighted by atomic mass is 9.97. The highest BCUT2D eigenvalue weighted by Crippen LogP contribution is 2.09. The first-order valence-electron chi connectivity index (χ1n) is 8.18. The van der Waals surface area contributed by atoms with Crippen LogP contribution >= 0.6 is 12.6 Å². The van der Waals surface area contributed by atoms with E-state index in [1.807, 2.05) is 6.92 Å². The average Bonchev–Trinajstić information content (AvgIpc) is 2.55. The number of carbonyl (C=O) groups excluding carboxylic acids is 2. The van der Waals surface area contributed by atoms with Crippen LogP contribution in [0.5, 0.6) is 0 Å². The number of carboxylic acids is 1. The zero-order chi connectivity index (χ0) is 18.7. The van der Waals surface area contributed by atoms with Gasteiger partial charge in [-0.05, 0) is 25.3 Å². The second kappa shape index (κ2) is 12.1. The molecule has 0 radical (unpaired) electrons. The molecule has 8 nitrogen and oxygen atoms in total. The molecule has 4 atom stereocenters. The van der Waals surface area contributed by atoms with E-state index in [1.54, 1.807) is 6.92 Å². The number of carboxylic acid groups (broad SMARTS) is 1. The van der Waals surface area contributed by atoms with Crippen LogP contribution in [0, 0.1) is 5.92 Å². The number of thiol groups is 1. The summed E-state index contributed by atoms with van der Waals surface area (Å²) in [6, 6.07) is -2.68. The van der Waals surface area contributed by atoms with Crippen molar-refractivity contribution in [1.82, 2.24) is 10.6 Å². The van der Waals surface area contributed by atoms with Crippen molar-refractivity contribution in [3.8, 4) is 0 Å². The molecule has 0 aromatic rings. The third-order valence-corrected chi connectivity index (χ3v) is 4.26. The summed E-state index contributed by atoms with van der Waals surface area (Å²) in [5.74, 6) is -2.36. The molecule has 0 fully saturated rings. The monoisotopic (exact) mass is 362 g/mol. The summed E-state index contributed by atoms with van der Waals surface area (Å²) in [5, 5.41) is 14.0. The molecule has 0 saturated carbocycles. The SMILES string of the molecule is CC[C@H](C)[C@H](NC(=O)[C@@H](N)CCCCN)C(=O)N[C@@H](CS)C(=O)O. The molecule has 0 aliphatic rings. The number of hydrogen-bond acceptors (Lipinski definition) is 6. The molecular formula is C15H30N4O4S. The lowest BCUT2D eigenvalue weighted by Gasteiger charge is -2.26. The van der Waals surface area contributed by atoms with Crippen LogP contribution in [-0.4, -0.2) is 53.3 Å². The maximum Gasteiger partial charge on any atom is 0.327 e.